The molecule has 0 saturated heterocycles. The van der Waals surface area contributed by atoms with Gasteiger partial charge in [0.1, 0.15) is 0 Å². The molecular weight excluding hydrogens is 326 g/mol. The van der Waals surface area contributed by atoms with E-state index >= 15 is 0 Å². The van der Waals surface area contributed by atoms with E-state index < -0.39 is 0 Å². The highest BCUT2D eigenvalue weighted by Crippen LogP contribution is 2.20. The molecule has 0 fully saturated rings. The molecule has 1 aliphatic rings. The smallest absolute Gasteiger partial charge is 0.251 e. The largest absolute Gasteiger partial charge is 0.350 e. The number of carbonyl (C=O) groups is 2. The highest BCUT2D eigenvalue weighted by molar-refractivity contribution is 5.96. The zero-order valence-electron chi connectivity index (χ0n) is 15.3. The predicted octanol–water partition coefficient (Wildman–Crippen LogP) is 2.82. The normalized spacial score (nSPS) is 15.0. The van der Waals surface area contributed by atoms with Crippen LogP contribution in [-0.2, 0) is 17.8 Å². The average Bonchev–Trinajstić information content (AvgIpc) is 2.65. The van der Waals surface area contributed by atoms with Gasteiger partial charge in [0.15, 0.2) is 0 Å². The third-order valence-electron chi connectivity index (χ3n) is 4.79. The van der Waals surface area contributed by atoms with E-state index in [1.807, 2.05) is 0 Å². The van der Waals surface area contributed by atoms with Gasteiger partial charge in [-0.1, -0.05) is 30.3 Å². The SMILES string of the molecule is CC(=O)Nc1cccc(C(=O)NCC(C)N2CCc3ccccc3C2)c1. The van der Waals surface area contributed by atoms with Gasteiger partial charge in [0.2, 0.25) is 5.91 Å². The van der Waals surface area contributed by atoms with E-state index in [1.165, 1.54) is 18.1 Å². The minimum absolute atomic E-state index is 0.124. The van der Waals surface area contributed by atoms with Crippen molar-refractivity contribution in [3.63, 3.8) is 0 Å². The summed E-state index contributed by atoms with van der Waals surface area (Å²) in [4.78, 5) is 26.0. The van der Waals surface area contributed by atoms with Crippen LogP contribution in [0, 0.1) is 0 Å². The molecule has 26 heavy (non-hydrogen) atoms. The number of carbonyl (C=O) groups excluding carboxylic acids is 2. The standard InChI is InChI=1S/C21H25N3O2/c1-15(24-11-10-17-6-3-4-7-19(17)14-24)13-22-21(26)18-8-5-9-20(12-18)23-16(2)25/h3-9,12,15H,10-11,13-14H2,1-2H3,(H,22,26)(H,23,25). The first-order valence-corrected chi connectivity index (χ1v) is 8.99. The van der Waals surface area contributed by atoms with Gasteiger partial charge in [-0.25, -0.2) is 0 Å². The Labute approximate surface area is 154 Å². The monoisotopic (exact) mass is 351 g/mol. The summed E-state index contributed by atoms with van der Waals surface area (Å²) < 4.78 is 0. The highest BCUT2D eigenvalue weighted by Gasteiger charge is 2.20. The Hall–Kier alpha value is -2.66. The minimum atomic E-state index is -0.151. The molecule has 1 aliphatic heterocycles. The highest BCUT2D eigenvalue weighted by atomic mass is 16.2. The van der Waals surface area contributed by atoms with Gasteiger partial charge < -0.3 is 10.6 Å². The molecule has 2 aromatic rings. The molecule has 2 N–H and O–H groups in total. The number of amides is 2. The molecule has 0 radical (unpaired) electrons. The van der Waals surface area contributed by atoms with Crippen LogP contribution < -0.4 is 10.6 Å². The van der Waals surface area contributed by atoms with Crippen LogP contribution in [0.5, 0.6) is 0 Å². The van der Waals surface area contributed by atoms with Crippen LogP contribution in [0.1, 0.15) is 35.3 Å². The lowest BCUT2D eigenvalue weighted by atomic mass is 9.99. The number of fused-ring (bicyclic) bond motifs is 1. The van der Waals surface area contributed by atoms with Crippen LogP contribution in [-0.4, -0.2) is 35.8 Å². The number of benzene rings is 2. The van der Waals surface area contributed by atoms with E-state index in [2.05, 4.69) is 46.7 Å². The molecule has 1 heterocycles. The number of nitrogens with zero attached hydrogens (tertiary/aromatic N) is 1. The van der Waals surface area contributed by atoms with Crippen molar-refractivity contribution in [1.82, 2.24) is 10.2 Å². The van der Waals surface area contributed by atoms with E-state index in [0.29, 0.717) is 17.8 Å². The molecule has 0 aromatic heterocycles. The second-order valence-electron chi connectivity index (χ2n) is 6.81. The van der Waals surface area contributed by atoms with E-state index in [9.17, 15) is 9.59 Å². The summed E-state index contributed by atoms with van der Waals surface area (Å²) in [5.74, 6) is -0.275. The van der Waals surface area contributed by atoms with Gasteiger partial charge in [-0.2, -0.15) is 0 Å². The summed E-state index contributed by atoms with van der Waals surface area (Å²) in [6.45, 7) is 6.11. The summed E-state index contributed by atoms with van der Waals surface area (Å²) >= 11 is 0. The van der Waals surface area contributed by atoms with E-state index in [-0.39, 0.29) is 17.9 Å². The van der Waals surface area contributed by atoms with Gasteiger partial charge in [-0.3, -0.25) is 14.5 Å². The molecule has 1 unspecified atom stereocenters. The Balaban J connectivity index is 1.55. The van der Waals surface area contributed by atoms with Gasteiger partial charge in [0.05, 0.1) is 0 Å². The maximum Gasteiger partial charge on any atom is 0.251 e. The van der Waals surface area contributed by atoms with Crippen molar-refractivity contribution < 1.29 is 9.59 Å². The lowest BCUT2D eigenvalue weighted by Crippen LogP contribution is -2.44. The third kappa shape index (κ3) is 4.49. The first-order chi connectivity index (χ1) is 12.5. The second-order valence-corrected chi connectivity index (χ2v) is 6.81. The molecule has 2 amide bonds. The van der Waals surface area contributed by atoms with Crippen molar-refractivity contribution in [2.45, 2.75) is 32.9 Å². The van der Waals surface area contributed by atoms with Gasteiger partial charge in [0.25, 0.3) is 5.91 Å². The average molecular weight is 351 g/mol. The zero-order valence-corrected chi connectivity index (χ0v) is 15.3. The molecule has 2 aromatic carbocycles. The Kier molecular flexibility index (Phi) is 5.68. The first kappa shape index (κ1) is 18.1. The third-order valence-corrected chi connectivity index (χ3v) is 4.79. The summed E-state index contributed by atoms with van der Waals surface area (Å²) in [6, 6.07) is 15.8. The second kappa shape index (κ2) is 8.15. The molecule has 3 rings (SSSR count). The first-order valence-electron chi connectivity index (χ1n) is 8.99. The van der Waals surface area contributed by atoms with E-state index in [1.54, 1.807) is 24.3 Å². The predicted molar refractivity (Wildman–Crippen MR) is 103 cm³/mol. The van der Waals surface area contributed by atoms with Crippen LogP contribution in [0.2, 0.25) is 0 Å². The minimum Gasteiger partial charge on any atom is -0.350 e. The fourth-order valence-corrected chi connectivity index (χ4v) is 3.31. The molecule has 5 nitrogen and oxygen atoms in total. The zero-order chi connectivity index (χ0) is 18.5. The number of hydrogen-bond donors (Lipinski definition) is 2. The number of nitrogens with one attached hydrogen (secondary N) is 2. The molecule has 1 atom stereocenters. The maximum atomic E-state index is 12.4. The molecule has 136 valence electrons. The van der Waals surface area contributed by atoms with E-state index in [0.717, 1.165) is 19.5 Å². The molecule has 0 aliphatic carbocycles. The lowest BCUT2D eigenvalue weighted by Gasteiger charge is -2.33. The maximum absolute atomic E-state index is 12.4. The summed E-state index contributed by atoms with van der Waals surface area (Å²) in [7, 11) is 0. The molecule has 0 bridgehead atoms. The Morgan fingerprint density at radius 3 is 2.65 bits per heavy atom. The Morgan fingerprint density at radius 2 is 1.88 bits per heavy atom. The number of anilines is 1. The van der Waals surface area contributed by atoms with Crippen molar-refractivity contribution in [3.8, 4) is 0 Å². The summed E-state index contributed by atoms with van der Waals surface area (Å²) in [6.07, 6.45) is 1.05. The Bertz CT molecular complexity index is 803. The van der Waals surface area contributed by atoms with Gasteiger partial charge in [0, 0.05) is 43.9 Å². The van der Waals surface area contributed by atoms with Crippen molar-refractivity contribution in [2.75, 3.05) is 18.4 Å². The van der Waals surface area contributed by atoms with Crippen molar-refractivity contribution in [3.05, 3.63) is 65.2 Å². The molecule has 0 spiro atoms. The van der Waals surface area contributed by atoms with Gasteiger partial charge in [-0.05, 0) is 42.7 Å². The fraction of sp³-hybridized carbons (Fsp3) is 0.333. The lowest BCUT2D eigenvalue weighted by molar-refractivity contribution is -0.114. The molecule has 5 heteroatoms. The summed E-state index contributed by atoms with van der Waals surface area (Å²) in [5, 5.41) is 5.71. The van der Waals surface area contributed by atoms with Crippen molar-refractivity contribution in [1.29, 1.82) is 0 Å². The van der Waals surface area contributed by atoms with Crippen molar-refractivity contribution in [2.24, 2.45) is 0 Å². The Morgan fingerprint density at radius 1 is 1.12 bits per heavy atom. The van der Waals surface area contributed by atoms with Crippen LogP contribution in [0.4, 0.5) is 5.69 Å². The molecule has 0 saturated carbocycles. The number of hydrogen-bond acceptors (Lipinski definition) is 3. The summed E-state index contributed by atoms with van der Waals surface area (Å²) in [5.41, 5.74) is 3.98. The van der Waals surface area contributed by atoms with Crippen LogP contribution in [0.25, 0.3) is 0 Å². The van der Waals surface area contributed by atoms with Crippen LogP contribution in [0.3, 0.4) is 0 Å². The number of rotatable bonds is 5. The van der Waals surface area contributed by atoms with Gasteiger partial charge in [-0.15, -0.1) is 0 Å². The van der Waals surface area contributed by atoms with Crippen molar-refractivity contribution >= 4 is 17.5 Å². The fourth-order valence-electron chi connectivity index (χ4n) is 3.31. The molecular formula is C21H25N3O2. The van der Waals surface area contributed by atoms with Crippen LogP contribution >= 0.6 is 0 Å². The van der Waals surface area contributed by atoms with Gasteiger partial charge >= 0.3 is 0 Å². The van der Waals surface area contributed by atoms with Crippen LogP contribution in [0.15, 0.2) is 48.5 Å². The topological polar surface area (TPSA) is 61.4 Å². The quantitative estimate of drug-likeness (QED) is 0.871. The van der Waals surface area contributed by atoms with E-state index in [4.69, 9.17) is 0 Å².